The van der Waals surface area contributed by atoms with Gasteiger partial charge in [0.1, 0.15) is 12.2 Å². The van der Waals surface area contributed by atoms with Gasteiger partial charge in [-0.2, -0.15) is 0 Å². The van der Waals surface area contributed by atoms with E-state index in [9.17, 15) is 0 Å². The Morgan fingerprint density at radius 3 is 1.63 bits per heavy atom. The lowest BCUT2D eigenvalue weighted by atomic mass is 9.96. The van der Waals surface area contributed by atoms with Crippen LogP contribution in [0.1, 0.15) is 51.0 Å². The minimum absolute atomic E-state index is 0.0858. The van der Waals surface area contributed by atoms with E-state index < -0.39 is 0 Å². The van der Waals surface area contributed by atoms with E-state index in [4.69, 9.17) is 14.2 Å². The molecule has 2 aliphatic heterocycles. The maximum Gasteiger partial charge on any atom is 0.161 e. The van der Waals surface area contributed by atoms with Gasteiger partial charge in [0.2, 0.25) is 0 Å². The molecule has 1 aromatic rings. The number of ether oxygens (including phenoxy) is 3. The van der Waals surface area contributed by atoms with Crippen molar-refractivity contribution in [2.45, 2.75) is 52.1 Å². The molecule has 3 heteroatoms. The smallest absolute Gasteiger partial charge is 0.161 e. The molecule has 2 bridgehead atoms. The molecule has 0 unspecified atom stereocenters. The summed E-state index contributed by atoms with van der Waals surface area (Å²) in [5.74, 6) is 1.62. The highest BCUT2D eigenvalue weighted by Gasteiger charge is 2.35. The van der Waals surface area contributed by atoms with Crippen molar-refractivity contribution in [1.29, 1.82) is 0 Å². The average molecular weight is 260 g/mol. The maximum absolute atomic E-state index is 5.87. The van der Waals surface area contributed by atoms with Gasteiger partial charge in [0.25, 0.3) is 0 Å². The Morgan fingerprint density at radius 2 is 1.26 bits per heavy atom. The van der Waals surface area contributed by atoms with E-state index in [1.807, 2.05) is 27.7 Å². The molecule has 2 aliphatic rings. The average Bonchev–Trinajstić information content (AvgIpc) is 2.89. The van der Waals surface area contributed by atoms with Crippen molar-refractivity contribution in [1.82, 2.24) is 0 Å². The first-order chi connectivity index (χ1) is 9.04. The summed E-state index contributed by atoms with van der Waals surface area (Å²) in [5, 5.41) is 0. The van der Waals surface area contributed by atoms with Gasteiger partial charge in [0.15, 0.2) is 11.5 Å². The number of rotatable bonds is 4. The summed E-state index contributed by atoms with van der Waals surface area (Å²) in [6.07, 6.45) is 4.64. The molecule has 2 heterocycles. The molecule has 0 aromatic heterocycles. The highest BCUT2D eigenvalue weighted by Crippen LogP contribution is 2.49. The van der Waals surface area contributed by atoms with Crippen LogP contribution < -0.4 is 9.47 Å². The quantitative estimate of drug-likeness (QED) is 0.767. The standard InChI is InChI=1S/C16H20O3/c1-9(2)17-15-7-11-12(8-16(15)18-10(3)4)14-6-5-13(11)19-14/h5-10,13-14H,1-4H3/t13-,14+. The largest absolute Gasteiger partial charge is 0.487 e. The van der Waals surface area contributed by atoms with Crippen molar-refractivity contribution in [3.05, 3.63) is 35.4 Å². The molecule has 3 nitrogen and oxygen atoms in total. The Balaban J connectivity index is 2.00. The van der Waals surface area contributed by atoms with Crippen LogP contribution in [0.3, 0.4) is 0 Å². The van der Waals surface area contributed by atoms with Crippen molar-refractivity contribution in [3.63, 3.8) is 0 Å². The van der Waals surface area contributed by atoms with Crippen LogP contribution in [0.4, 0.5) is 0 Å². The van der Waals surface area contributed by atoms with E-state index in [-0.39, 0.29) is 24.4 Å². The first-order valence-corrected chi connectivity index (χ1v) is 6.89. The predicted molar refractivity (Wildman–Crippen MR) is 73.7 cm³/mol. The third-order valence-electron chi connectivity index (χ3n) is 3.24. The van der Waals surface area contributed by atoms with Crippen LogP contribution in [-0.4, -0.2) is 12.2 Å². The molecule has 0 radical (unpaired) electrons. The van der Waals surface area contributed by atoms with Crippen LogP contribution in [0.5, 0.6) is 11.5 Å². The van der Waals surface area contributed by atoms with Gasteiger partial charge in [-0.25, -0.2) is 0 Å². The molecular formula is C16H20O3. The monoisotopic (exact) mass is 260 g/mol. The SMILES string of the molecule is CC(C)Oc1cc2c(cc1OC(C)C)[C@H]1C=C[C@@H]2O1. The molecule has 0 fully saturated rings. The first kappa shape index (κ1) is 12.5. The van der Waals surface area contributed by atoms with Crippen LogP contribution in [0.2, 0.25) is 0 Å². The summed E-state index contributed by atoms with van der Waals surface area (Å²) in [6.45, 7) is 8.09. The summed E-state index contributed by atoms with van der Waals surface area (Å²) in [4.78, 5) is 0. The lowest BCUT2D eigenvalue weighted by Crippen LogP contribution is -2.12. The van der Waals surface area contributed by atoms with Gasteiger partial charge in [-0.15, -0.1) is 0 Å². The van der Waals surface area contributed by atoms with Crippen molar-refractivity contribution < 1.29 is 14.2 Å². The normalized spacial score (nSPS) is 23.3. The Labute approximate surface area is 114 Å². The van der Waals surface area contributed by atoms with Gasteiger partial charge < -0.3 is 14.2 Å². The minimum Gasteiger partial charge on any atom is -0.487 e. The van der Waals surface area contributed by atoms with Gasteiger partial charge in [0.05, 0.1) is 12.2 Å². The third kappa shape index (κ3) is 2.23. The number of fused-ring (bicyclic) bond motifs is 5. The van der Waals surface area contributed by atoms with Crippen molar-refractivity contribution in [2.75, 3.05) is 0 Å². The van der Waals surface area contributed by atoms with Crippen LogP contribution in [0.15, 0.2) is 24.3 Å². The summed E-state index contributed by atoms with van der Waals surface area (Å²) in [5.41, 5.74) is 2.42. The lowest BCUT2D eigenvalue weighted by molar-refractivity contribution is 0.0877. The number of benzene rings is 1. The Hall–Kier alpha value is -1.48. The van der Waals surface area contributed by atoms with Crippen LogP contribution in [0, 0.1) is 0 Å². The molecule has 19 heavy (non-hydrogen) atoms. The molecule has 102 valence electrons. The fourth-order valence-corrected chi connectivity index (χ4v) is 2.58. The van der Waals surface area contributed by atoms with Gasteiger partial charge in [0, 0.05) is 0 Å². The molecular weight excluding hydrogens is 240 g/mol. The third-order valence-corrected chi connectivity index (χ3v) is 3.24. The zero-order valence-corrected chi connectivity index (χ0v) is 11.8. The lowest BCUT2D eigenvalue weighted by Gasteiger charge is -2.19. The summed E-state index contributed by atoms with van der Waals surface area (Å²) >= 11 is 0. The highest BCUT2D eigenvalue weighted by molar-refractivity contribution is 5.54. The van der Waals surface area contributed by atoms with Gasteiger partial charge in [-0.3, -0.25) is 0 Å². The van der Waals surface area contributed by atoms with Crippen LogP contribution in [-0.2, 0) is 4.74 Å². The molecule has 1 aromatic carbocycles. The second-order valence-electron chi connectivity index (χ2n) is 5.62. The fourth-order valence-electron chi connectivity index (χ4n) is 2.58. The summed E-state index contributed by atoms with van der Waals surface area (Å²) < 4.78 is 17.6. The van der Waals surface area contributed by atoms with Gasteiger partial charge in [-0.05, 0) is 51.0 Å². The van der Waals surface area contributed by atoms with E-state index in [0.717, 1.165) is 11.5 Å². The molecule has 0 amide bonds. The van der Waals surface area contributed by atoms with Gasteiger partial charge >= 0.3 is 0 Å². The molecule has 0 saturated heterocycles. The van der Waals surface area contributed by atoms with Gasteiger partial charge in [-0.1, -0.05) is 12.2 Å². The zero-order valence-electron chi connectivity index (χ0n) is 11.8. The zero-order chi connectivity index (χ0) is 13.6. The number of hydrogen-bond acceptors (Lipinski definition) is 3. The molecule has 0 saturated carbocycles. The maximum atomic E-state index is 5.87. The van der Waals surface area contributed by atoms with E-state index in [1.54, 1.807) is 0 Å². The Bertz CT molecular complexity index is 472. The highest BCUT2D eigenvalue weighted by atomic mass is 16.5. The Morgan fingerprint density at radius 1 is 0.842 bits per heavy atom. The van der Waals surface area contributed by atoms with Crippen molar-refractivity contribution in [3.8, 4) is 11.5 Å². The first-order valence-electron chi connectivity index (χ1n) is 6.89. The number of hydrogen-bond donors (Lipinski definition) is 0. The predicted octanol–water partition coefficient (Wildman–Crippen LogP) is 3.94. The Kier molecular flexibility index (Phi) is 3.02. The summed E-state index contributed by atoms with van der Waals surface area (Å²) in [7, 11) is 0. The van der Waals surface area contributed by atoms with Crippen LogP contribution >= 0.6 is 0 Å². The van der Waals surface area contributed by atoms with E-state index in [1.165, 1.54) is 11.1 Å². The molecule has 0 spiro atoms. The van der Waals surface area contributed by atoms with E-state index in [0.29, 0.717) is 0 Å². The van der Waals surface area contributed by atoms with Crippen molar-refractivity contribution >= 4 is 0 Å². The van der Waals surface area contributed by atoms with E-state index >= 15 is 0 Å². The molecule has 0 N–H and O–H groups in total. The topological polar surface area (TPSA) is 27.7 Å². The molecule has 0 aliphatic carbocycles. The minimum atomic E-state index is 0.0858. The van der Waals surface area contributed by atoms with Crippen LogP contribution in [0.25, 0.3) is 0 Å². The second-order valence-corrected chi connectivity index (χ2v) is 5.62. The fraction of sp³-hybridized carbons (Fsp3) is 0.500. The van der Waals surface area contributed by atoms with E-state index in [2.05, 4.69) is 24.3 Å². The molecule has 3 rings (SSSR count). The van der Waals surface area contributed by atoms with Crippen molar-refractivity contribution in [2.24, 2.45) is 0 Å². The second kappa shape index (κ2) is 4.57. The summed E-state index contributed by atoms with van der Waals surface area (Å²) in [6, 6.07) is 4.14. The molecule has 2 atom stereocenters.